The van der Waals surface area contributed by atoms with Crippen LogP contribution in [0.25, 0.3) is 0 Å². The lowest BCUT2D eigenvalue weighted by Crippen LogP contribution is -2.64. The highest BCUT2D eigenvalue weighted by Gasteiger charge is 2.40. The van der Waals surface area contributed by atoms with Gasteiger partial charge in [-0.15, -0.1) is 0 Å². The van der Waals surface area contributed by atoms with Crippen molar-refractivity contribution in [2.45, 2.75) is 168 Å². The van der Waals surface area contributed by atoms with E-state index in [0.29, 0.717) is 70.3 Å². The van der Waals surface area contributed by atoms with Gasteiger partial charge in [-0.3, -0.25) is 52.8 Å². The van der Waals surface area contributed by atoms with Crippen LogP contribution in [0.3, 0.4) is 0 Å². The molecular formula is C51H84N12O12. The van der Waals surface area contributed by atoms with Crippen LogP contribution in [-0.4, -0.2) is 174 Å². The second-order valence-corrected chi connectivity index (χ2v) is 21.9. The van der Waals surface area contributed by atoms with Gasteiger partial charge in [-0.1, -0.05) is 46.0 Å². The smallest absolute Gasteiger partial charge is 0.276 e. The number of aryl methyl sites for hydroxylation is 1. The van der Waals surface area contributed by atoms with Gasteiger partial charge in [-0.05, 0) is 85.5 Å². The SMILES string of the molecule is Cc1nc(C(=O)N2CCC[C@H]2C(=O)N[C@@H](CCC2CCCCC2)C(=O)NCC(=O)NC(C)(C)C(=O)NCC(=O)N[C@@H](CC(C)C)C(=O)NC(C)(C)C(=O)NC(C)(C)C(=O)NCCC(=O)NCCN2CCOCC2)co1. The summed E-state index contributed by atoms with van der Waals surface area (Å²) in [6.45, 7) is 17.3. The van der Waals surface area contributed by atoms with E-state index in [1.54, 1.807) is 6.92 Å². The third-order valence-electron chi connectivity index (χ3n) is 13.6. The third kappa shape index (κ3) is 20.1. The van der Waals surface area contributed by atoms with Crippen LogP contribution >= 0.6 is 0 Å². The van der Waals surface area contributed by atoms with E-state index in [1.165, 1.54) is 52.7 Å². The van der Waals surface area contributed by atoms with Crippen molar-refractivity contribution in [1.82, 2.24) is 62.6 Å². The molecule has 10 amide bonds. The Morgan fingerprint density at radius 1 is 0.667 bits per heavy atom. The molecule has 2 saturated heterocycles. The Morgan fingerprint density at radius 2 is 1.31 bits per heavy atom. The summed E-state index contributed by atoms with van der Waals surface area (Å²) < 4.78 is 10.5. The van der Waals surface area contributed by atoms with Crippen LogP contribution in [0.15, 0.2) is 10.7 Å². The van der Waals surface area contributed by atoms with Crippen LogP contribution in [0.2, 0.25) is 0 Å². The molecule has 0 bridgehead atoms. The number of rotatable bonds is 27. The van der Waals surface area contributed by atoms with Crippen molar-refractivity contribution in [3.63, 3.8) is 0 Å². The molecule has 0 unspecified atom stereocenters. The highest BCUT2D eigenvalue weighted by atomic mass is 16.5. The van der Waals surface area contributed by atoms with Gasteiger partial charge < -0.3 is 61.9 Å². The number of carbonyl (C=O) groups is 10. The maximum atomic E-state index is 13.7. The van der Waals surface area contributed by atoms with Crippen molar-refractivity contribution in [3.05, 3.63) is 17.8 Å². The molecule has 2 aliphatic heterocycles. The van der Waals surface area contributed by atoms with E-state index in [2.05, 4.69) is 57.7 Å². The summed E-state index contributed by atoms with van der Waals surface area (Å²) in [4.78, 5) is 141. The first-order valence-electron chi connectivity index (χ1n) is 26.5. The van der Waals surface area contributed by atoms with E-state index in [1.807, 2.05) is 13.8 Å². The van der Waals surface area contributed by atoms with Gasteiger partial charge in [0.25, 0.3) is 5.91 Å². The number of amides is 10. The molecule has 3 atom stereocenters. The quantitative estimate of drug-likeness (QED) is 0.0553. The predicted octanol–water partition coefficient (Wildman–Crippen LogP) is -0.165. The normalized spacial score (nSPS) is 17.5. The summed E-state index contributed by atoms with van der Waals surface area (Å²) in [5.74, 6) is -5.29. The van der Waals surface area contributed by atoms with Crippen molar-refractivity contribution in [3.8, 4) is 0 Å². The molecule has 24 heteroatoms. The molecule has 4 rings (SSSR count). The third-order valence-corrected chi connectivity index (χ3v) is 13.6. The van der Waals surface area contributed by atoms with Crippen LogP contribution in [0.1, 0.15) is 142 Å². The molecule has 3 fully saturated rings. The number of ether oxygens (including phenoxy) is 1. The molecule has 1 saturated carbocycles. The molecule has 24 nitrogen and oxygen atoms in total. The van der Waals surface area contributed by atoms with Gasteiger partial charge in [0.05, 0.1) is 26.3 Å². The molecule has 420 valence electrons. The lowest BCUT2D eigenvalue weighted by molar-refractivity contribution is -0.138. The second kappa shape index (κ2) is 28.7. The van der Waals surface area contributed by atoms with Crippen molar-refractivity contribution >= 4 is 59.1 Å². The summed E-state index contributed by atoms with van der Waals surface area (Å²) in [6.07, 6.45) is 8.78. The van der Waals surface area contributed by atoms with Crippen molar-refractivity contribution < 1.29 is 57.1 Å². The van der Waals surface area contributed by atoms with E-state index in [-0.39, 0.29) is 36.9 Å². The molecule has 0 aromatic carbocycles. The van der Waals surface area contributed by atoms with Crippen molar-refractivity contribution in [2.24, 2.45) is 11.8 Å². The first-order chi connectivity index (χ1) is 35.3. The molecule has 3 heterocycles. The second-order valence-electron chi connectivity index (χ2n) is 21.9. The minimum absolute atomic E-state index is 0.0359. The first kappa shape index (κ1) is 61.4. The molecule has 1 aromatic heterocycles. The largest absolute Gasteiger partial charge is 0.448 e. The number of carbonyl (C=O) groups excluding carboxylic acids is 10. The van der Waals surface area contributed by atoms with Crippen LogP contribution in [0.5, 0.6) is 0 Å². The summed E-state index contributed by atoms with van der Waals surface area (Å²) in [7, 11) is 0. The highest BCUT2D eigenvalue weighted by Crippen LogP contribution is 2.28. The lowest BCUT2D eigenvalue weighted by atomic mass is 9.85. The van der Waals surface area contributed by atoms with Gasteiger partial charge in [-0.25, -0.2) is 4.98 Å². The van der Waals surface area contributed by atoms with E-state index in [0.717, 1.165) is 45.2 Å². The van der Waals surface area contributed by atoms with Gasteiger partial charge >= 0.3 is 0 Å². The Morgan fingerprint density at radius 3 is 1.96 bits per heavy atom. The van der Waals surface area contributed by atoms with E-state index < -0.39 is 101 Å². The predicted molar refractivity (Wildman–Crippen MR) is 275 cm³/mol. The molecule has 0 radical (unpaired) electrons. The Balaban J connectivity index is 1.24. The van der Waals surface area contributed by atoms with E-state index >= 15 is 0 Å². The number of likely N-dealkylation sites (tertiary alicyclic amines) is 1. The number of nitrogens with zero attached hydrogens (tertiary/aromatic N) is 3. The molecule has 75 heavy (non-hydrogen) atoms. The van der Waals surface area contributed by atoms with Crippen LogP contribution in [0, 0.1) is 18.8 Å². The molecule has 3 aliphatic rings. The minimum atomic E-state index is -1.58. The zero-order valence-electron chi connectivity index (χ0n) is 45.6. The van der Waals surface area contributed by atoms with E-state index in [9.17, 15) is 47.9 Å². The lowest BCUT2D eigenvalue weighted by Gasteiger charge is -2.33. The molecular weight excluding hydrogens is 973 g/mol. The Bertz CT molecular complexity index is 2170. The monoisotopic (exact) mass is 1060 g/mol. The Hall–Kier alpha value is -6.17. The molecule has 0 spiro atoms. The van der Waals surface area contributed by atoms with Crippen molar-refractivity contribution in [2.75, 3.05) is 65.6 Å². The topological polar surface area (TPSA) is 321 Å². The zero-order valence-corrected chi connectivity index (χ0v) is 45.6. The fraction of sp³-hybridized carbons (Fsp3) is 0.745. The van der Waals surface area contributed by atoms with Crippen molar-refractivity contribution in [1.29, 1.82) is 0 Å². The summed E-state index contributed by atoms with van der Waals surface area (Å²) in [5, 5.41) is 23.9. The number of aromatic nitrogens is 1. The average molecular weight is 1060 g/mol. The van der Waals surface area contributed by atoms with Gasteiger partial charge in [0, 0.05) is 52.6 Å². The van der Waals surface area contributed by atoms with Gasteiger partial charge in [0.1, 0.15) is 41.0 Å². The number of hydrogen-bond acceptors (Lipinski definition) is 14. The standard InChI is InChI=1S/C51H84N12O12/c1-32(2)28-36(43(68)60-51(8,9)48(73)61-50(6,7)46(71)53-20-19-39(64)52-21-23-62-24-26-74-27-25-62)57-40(65)29-55-47(72)49(4,5)59-41(66)30-54-42(67)35(18-17-34-14-11-10-12-15-34)58-44(69)38-16-13-22-63(38)45(70)37-31-75-33(3)56-37/h31-32,34-36,38H,10-30H2,1-9H3,(H,52,64)(H,53,71)(H,54,67)(H,55,72)(H,57,65)(H,58,69)(H,59,66)(H,60,68)(H,61,73)/t35-,36-,38-/m0/s1. The summed E-state index contributed by atoms with van der Waals surface area (Å²) >= 11 is 0. The number of hydrogen-bond donors (Lipinski definition) is 9. The van der Waals surface area contributed by atoms with E-state index in [4.69, 9.17) is 9.15 Å². The van der Waals surface area contributed by atoms with Gasteiger partial charge in [-0.2, -0.15) is 0 Å². The number of oxazole rings is 1. The summed E-state index contributed by atoms with van der Waals surface area (Å²) in [5.41, 5.74) is -4.49. The molecule has 9 N–H and O–H groups in total. The highest BCUT2D eigenvalue weighted by molar-refractivity contribution is 6.00. The summed E-state index contributed by atoms with van der Waals surface area (Å²) in [6, 6.07) is -2.96. The maximum Gasteiger partial charge on any atom is 0.276 e. The Kier molecular flexibility index (Phi) is 23.4. The molecule has 1 aliphatic carbocycles. The Labute approximate surface area is 440 Å². The van der Waals surface area contributed by atoms with Crippen LogP contribution < -0.4 is 47.9 Å². The van der Waals surface area contributed by atoms with Crippen LogP contribution in [-0.2, 0) is 47.9 Å². The first-order valence-corrected chi connectivity index (χ1v) is 26.5. The van der Waals surface area contributed by atoms with Gasteiger partial charge in [0.2, 0.25) is 53.2 Å². The zero-order chi connectivity index (χ0) is 55.5. The fourth-order valence-electron chi connectivity index (χ4n) is 9.10. The maximum absolute atomic E-state index is 13.7. The minimum Gasteiger partial charge on any atom is -0.448 e. The van der Waals surface area contributed by atoms with Crippen LogP contribution in [0.4, 0.5) is 0 Å². The average Bonchev–Trinajstić information content (AvgIpc) is 4.03. The number of morpholine rings is 1. The molecule has 1 aromatic rings. The van der Waals surface area contributed by atoms with Gasteiger partial charge in [0.15, 0.2) is 11.6 Å². The fourth-order valence-corrected chi connectivity index (χ4v) is 9.10. The number of nitrogens with one attached hydrogen (secondary N) is 9.